The van der Waals surface area contributed by atoms with Crippen molar-refractivity contribution in [1.82, 2.24) is 14.8 Å². The Morgan fingerprint density at radius 3 is 2.83 bits per heavy atom. The van der Waals surface area contributed by atoms with Crippen LogP contribution in [0.25, 0.3) is 27.3 Å². The van der Waals surface area contributed by atoms with Crippen LogP contribution in [0.1, 0.15) is 20.3 Å². The van der Waals surface area contributed by atoms with Gasteiger partial charge in [-0.05, 0) is 24.1 Å². The zero-order chi connectivity index (χ0) is 20.2. The van der Waals surface area contributed by atoms with Crippen LogP contribution in [-0.2, 0) is 4.79 Å². The molecule has 4 aromatic rings. The van der Waals surface area contributed by atoms with Crippen LogP contribution < -0.4 is 10.1 Å². The SMILES string of the molecule is CCC(C)CNc1ccc2c(-c3ccccc3)nn(-c3nc(OC=O)cs3)c2c1. The first-order valence-electron chi connectivity index (χ1n) is 9.58. The molecule has 0 aliphatic carbocycles. The van der Waals surface area contributed by atoms with Gasteiger partial charge in [-0.3, -0.25) is 4.79 Å². The van der Waals surface area contributed by atoms with E-state index in [0.717, 1.165) is 40.8 Å². The molecule has 0 saturated heterocycles. The number of fused-ring (bicyclic) bond motifs is 1. The van der Waals surface area contributed by atoms with E-state index < -0.39 is 0 Å². The normalized spacial score (nSPS) is 12.1. The minimum atomic E-state index is 0.274. The summed E-state index contributed by atoms with van der Waals surface area (Å²) in [5.41, 5.74) is 3.92. The van der Waals surface area contributed by atoms with Crippen LogP contribution in [0.5, 0.6) is 5.88 Å². The summed E-state index contributed by atoms with van der Waals surface area (Å²) in [5.74, 6) is 0.869. The second-order valence-corrected chi connectivity index (χ2v) is 7.77. The van der Waals surface area contributed by atoms with Crippen LogP contribution in [-0.4, -0.2) is 27.8 Å². The number of nitrogens with zero attached hydrogens (tertiary/aromatic N) is 3. The zero-order valence-electron chi connectivity index (χ0n) is 16.3. The Kier molecular flexibility index (Phi) is 5.57. The lowest BCUT2D eigenvalue weighted by Gasteiger charge is -2.11. The molecule has 29 heavy (non-hydrogen) atoms. The Hall–Kier alpha value is -3.19. The number of anilines is 1. The van der Waals surface area contributed by atoms with Gasteiger partial charge in [-0.2, -0.15) is 10.1 Å². The van der Waals surface area contributed by atoms with Gasteiger partial charge in [0.15, 0.2) is 0 Å². The Balaban J connectivity index is 1.81. The van der Waals surface area contributed by atoms with E-state index in [9.17, 15) is 4.79 Å². The number of ether oxygens (including phenoxy) is 1. The predicted octanol–water partition coefficient (Wildman–Crippen LogP) is 5.14. The number of nitrogens with one attached hydrogen (secondary N) is 1. The first-order valence-corrected chi connectivity index (χ1v) is 10.5. The van der Waals surface area contributed by atoms with Gasteiger partial charge in [0.25, 0.3) is 6.47 Å². The van der Waals surface area contributed by atoms with Crippen LogP contribution in [0, 0.1) is 5.92 Å². The van der Waals surface area contributed by atoms with E-state index >= 15 is 0 Å². The van der Waals surface area contributed by atoms with Gasteiger partial charge < -0.3 is 10.1 Å². The first kappa shape index (κ1) is 19.1. The fraction of sp³-hybridized carbons (Fsp3) is 0.227. The van der Waals surface area contributed by atoms with E-state index in [2.05, 4.69) is 42.3 Å². The van der Waals surface area contributed by atoms with Gasteiger partial charge in [0, 0.05) is 23.2 Å². The minimum Gasteiger partial charge on any atom is -0.409 e. The van der Waals surface area contributed by atoms with E-state index in [-0.39, 0.29) is 5.88 Å². The van der Waals surface area contributed by atoms with E-state index in [1.807, 2.05) is 35.0 Å². The topological polar surface area (TPSA) is 69.0 Å². The lowest BCUT2D eigenvalue weighted by atomic mass is 10.1. The Morgan fingerprint density at radius 2 is 2.07 bits per heavy atom. The maximum Gasteiger partial charge on any atom is 0.299 e. The highest BCUT2D eigenvalue weighted by Gasteiger charge is 2.17. The number of carbonyl (C=O) groups excluding carboxylic acids is 1. The molecule has 2 heterocycles. The van der Waals surface area contributed by atoms with Gasteiger partial charge in [0.05, 0.1) is 10.9 Å². The second kappa shape index (κ2) is 8.45. The number of benzene rings is 2. The number of hydrogen-bond donors (Lipinski definition) is 1. The van der Waals surface area contributed by atoms with Crippen molar-refractivity contribution < 1.29 is 9.53 Å². The summed E-state index contributed by atoms with van der Waals surface area (Å²) in [5, 5.41) is 11.7. The molecule has 148 valence electrons. The van der Waals surface area contributed by atoms with Gasteiger partial charge in [0.2, 0.25) is 11.0 Å². The molecule has 4 rings (SSSR count). The van der Waals surface area contributed by atoms with Crippen molar-refractivity contribution in [3.8, 4) is 22.3 Å². The van der Waals surface area contributed by atoms with E-state index in [1.54, 1.807) is 5.38 Å². The molecular weight excluding hydrogens is 384 g/mol. The van der Waals surface area contributed by atoms with E-state index in [0.29, 0.717) is 17.5 Å². The van der Waals surface area contributed by atoms with Crippen molar-refractivity contribution >= 4 is 34.4 Å². The number of rotatable bonds is 8. The lowest BCUT2D eigenvalue weighted by Crippen LogP contribution is -2.10. The molecule has 0 spiro atoms. The number of hydrogen-bond acceptors (Lipinski definition) is 6. The highest BCUT2D eigenvalue weighted by molar-refractivity contribution is 7.12. The van der Waals surface area contributed by atoms with Gasteiger partial charge in [-0.25, -0.2) is 4.68 Å². The molecule has 1 unspecified atom stereocenters. The van der Waals surface area contributed by atoms with Crippen molar-refractivity contribution in [2.45, 2.75) is 20.3 Å². The molecule has 0 saturated carbocycles. The first-order chi connectivity index (χ1) is 14.2. The maximum absolute atomic E-state index is 10.6. The summed E-state index contributed by atoms with van der Waals surface area (Å²) in [6.45, 7) is 5.72. The monoisotopic (exact) mass is 406 g/mol. The summed E-state index contributed by atoms with van der Waals surface area (Å²) in [6.07, 6.45) is 1.13. The van der Waals surface area contributed by atoms with Gasteiger partial charge >= 0.3 is 0 Å². The van der Waals surface area contributed by atoms with Crippen molar-refractivity contribution in [3.63, 3.8) is 0 Å². The van der Waals surface area contributed by atoms with Crippen LogP contribution in [0.15, 0.2) is 53.9 Å². The molecule has 0 aliphatic heterocycles. The largest absolute Gasteiger partial charge is 0.409 e. The number of thiazole rings is 1. The molecule has 6 nitrogen and oxygen atoms in total. The quantitative estimate of drug-likeness (QED) is 0.410. The van der Waals surface area contributed by atoms with E-state index in [4.69, 9.17) is 9.84 Å². The summed E-state index contributed by atoms with van der Waals surface area (Å²) < 4.78 is 6.69. The third-order valence-electron chi connectivity index (χ3n) is 4.90. The smallest absolute Gasteiger partial charge is 0.299 e. The third-order valence-corrected chi connectivity index (χ3v) is 5.70. The van der Waals surface area contributed by atoms with E-state index in [1.165, 1.54) is 11.3 Å². The summed E-state index contributed by atoms with van der Waals surface area (Å²) in [7, 11) is 0. The van der Waals surface area contributed by atoms with Crippen molar-refractivity contribution in [1.29, 1.82) is 0 Å². The fourth-order valence-electron chi connectivity index (χ4n) is 3.07. The van der Waals surface area contributed by atoms with Crippen LogP contribution >= 0.6 is 11.3 Å². The predicted molar refractivity (Wildman–Crippen MR) is 117 cm³/mol. The standard InChI is InChI=1S/C22H22N4O2S/c1-3-15(2)12-23-17-9-10-18-19(11-17)26(22-24-20(13-29-22)28-14-27)25-21(18)16-7-5-4-6-8-16/h4-11,13-15,23H,3,12H2,1-2H3. The molecule has 2 aromatic heterocycles. The van der Waals surface area contributed by atoms with Crippen LogP contribution in [0.2, 0.25) is 0 Å². The fourth-order valence-corrected chi connectivity index (χ4v) is 3.76. The lowest BCUT2D eigenvalue weighted by molar-refractivity contribution is -0.120. The highest BCUT2D eigenvalue weighted by atomic mass is 32.1. The minimum absolute atomic E-state index is 0.274. The third kappa shape index (κ3) is 4.00. The molecule has 0 radical (unpaired) electrons. The molecule has 0 fully saturated rings. The molecule has 2 aromatic carbocycles. The van der Waals surface area contributed by atoms with Gasteiger partial charge in [0.1, 0.15) is 5.69 Å². The Labute approximate surface area is 173 Å². The average Bonchev–Trinajstić information content (AvgIpc) is 3.37. The van der Waals surface area contributed by atoms with Crippen LogP contribution in [0.4, 0.5) is 5.69 Å². The molecular formula is C22H22N4O2S. The van der Waals surface area contributed by atoms with Gasteiger partial charge in [-0.1, -0.05) is 61.9 Å². The van der Waals surface area contributed by atoms with Crippen molar-refractivity contribution in [3.05, 3.63) is 53.9 Å². The maximum atomic E-state index is 10.6. The molecule has 0 aliphatic rings. The molecule has 1 atom stereocenters. The Morgan fingerprint density at radius 1 is 1.24 bits per heavy atom. The van der Waals surface area contributed by atoms with Gasteiger partial charge in [-0.15, -0.1) is 0 Å². The zero-order valence-corrected chi connectivity index (χ0v) is 17.1. The summed E-state index contributed by atoms with van der Waals surface area (Å²) >= 11 is 1.38. The van der Waals surface area contributed by atoms with Crippen LogP contribution in [0.3, 0.4) is 0 Å². The number of aromatic nitrogens is 3. The van der Waals surface area contributed by atoms with Crippen molar-refractivity contribution in [2.75, 3.05) is 11.9 Å². The molecule has 0 amide bonds. The van der Waals surface area contributed by atoms with Crippen molar-refractivity contribution in [2.24, 2.45) is 5.92 Å². The average molecular weight is 407 g/mol. The summed E-state index contributed by atoms with van der Waals surface area (Å²) in [6, 6.07) is 16.4. The molecule has 7 heteroatoms. The number of carbonyl (C=O) groups is 1. The molecule has 0 bridgehead atoms. The second-order valence-electron chi connectivity index (χ2n) is 6.94. The summed E-state index contributed by atoms with van der Waals surface area (Å²) in [4.78, 5) is 15.0. The highest BCUT2D eigenvalue weighted by Crippen LogP contribution is 2.33. The molecule has 1 N–H and O–H groups in total. The Bertz CT molecular complexity index is 1120.